The summed E-state index contributed by atoms with van der Waals surface area (Å²) in [5.41, 5.74) is 0. The van der Waals surface area contributed by atoms with E-state index in [-0.39, 0.29) is 0 Å². The third kappa shape index (κ3) is 3.02. The van der Waals surface area contributed by atoms with Crippen LogP contribution in [-0.2, 0) is 0 Å². The Kier molecular flexibility index (Phi) is 4.80. The van der Waals surface area contributed by atoms with Crippen LogP contribution in [0.15, 0.2) is 0 Å². The summed E-state index contributed by atoms with van der Waals surface area (Å²) in [7, 11) is 0.982. The van der Waals surface area contributed by atoms with Crippen LogP contribution in [0, 0.1) is 0 Å². The fourth-order valence-corrected chi connectivity index (χ4v) is 1.17. The molecule has 1 nitrogen and oxygen atoms in total. The Morgan fingerprint density at radius 2 is 1.71 bits per heavy atom. The lowest BCUT2D eigenvalue weighted by molar-refractivity contribution is 0.518. The van der Waals surface area contributed by atoms with Crippen molar-refractivity contribution >= 4 is 8.73 Å². The van der Waals surface area contributed by atoms with Gasteiger partial charge in [0, 0.05) is 0 Å². The second-order valence-corrected chi connectivity index (χ2v) is 2.48. The fraction of sp³-hybridized carbons (Fsp3) is 1.00. The zero-order valence-corrected chi connectivity index (χ0v) is 6.36. The van der Waals surface area contributed by atoms with E-state index in [4.69, 9.17) is 0 Å². The van der Waals surface area contributed by atoms with E-state index < -0.39 is 0 Å². The third-order valence-corrected chi connectivity index (χ3v) is 2.34. The van der Waals surface area contributed by atoms with Crippen LogP contribution < -0.4 is 0 Å². The molecular formula is C5H14NP. The standard InChI is InChI=1S/C5H14NP/c1-4-6(5-2)7-3/h7H,4-5H2,1-3H3. The first-order chi connectivity index (χ1) is 3.35. The fourth-order valence-electron chi connectivity index (χ4n) is 0.540. The maximum absolute atomic E-state index is 2.40. The second kappa shape index (κ2) is 4.55. The molecule has 0 rings (SSSR count). The first-order valence-electron chi connectivity index (χ1n) is 2.77. The van der Waals surface area contributed by atoms with Crippen molar-refractivity contribution in [1.82, 2.24) is 4.67 Å². The van der Waals surface area contributed by atoms with Crippen LogP contribution in [-0.4, -0.2) is 24.4 Å². The van der Waals surface area contributed by atoms with Gasteiger partial charge in [-0.2, -0.15) is 0 Å². The van der Waals surface area contributed by atoms with E-state index in [1.807, 2.05) is 0 Å². The van der Waals surface area contributed by atoms with E-state index in [1.54, 1.807) is 0 Å². The van der Waals surface area contributed by atoms with Gasteiger partial charge in [-0.3, -0.25) is 4.67 Å². The Morgan fingerprint density at radius 1 is 1.29 bits per heavy atom. The minimum Gasteiger partial charge on any atom is -0.285 e. The average molecular weight is 119 g/mol. The van der Waals surface area contributed by atoms with Crippen molar-refractivity contribution in [2.75, 3.05) is 19.8 Å². The van der Waals surface area contributed by atoms with Gasteiger partial charge in [0.2, 0.25) is 0 Å². The third-order valence-electron chi connectivity index (χ3n) is 1.08. The monoisotopic (exact) mass is 119 g/mol. The van der Waals surface area contributed by atoms with Crippen LogP contribution >= 0.6 is 8.73 Å². The molecule has 1 atom stereocenters. The van der Waals surface area contributed by atoms with Crippen LogP contribution in [0.4, 0.5) is 0 Å². The predicted octanol–water partition coefficient (Wildman–Crippen LogP) is 1.55. The van der Waals surface area contributed by atoms with E-state index in [9.17, 15) is 0 Å². The molecule has 1 unspecified atom stereocenters. The summed E-state index contributed by atoms with van der Waals surface area (Å²) in [6.07, 6.45) is 0. The number of nitrogens with zero attached hydrogens (tertiary/aromatic N) is 1. The molecule has 0 bridgehead atoms. The zero-order valence-electron chi connectivity index (χ0n) is 5.36. The highest BCUT2D eigenvalue weighted by atomic mass is 31.1. The molecule has 0 saturated heterocycles. The van der Waals surface area contributed by atoms with Crippen molar-refractivity contribution in [3.05, 3.63) is 0 Å². The van der Waals surface area contributed by atoms with Crippen molar-refractivity contribution in [2.24, 2.45) is 0 Å². The van der Waals surface area contributed by atoms with Crippen LogP contribution in [0.2, 0.25) is 0 Å². The van der Waals surface area contributed by atoms with Crippen molar-refractivity contribution < 1.29 is 0 Å². The molecule has 0 fully saturated rings. The normalized spacial score (nSPS) is 12.0. The van der Waals surface area contributed by atoms with E-state index >= 15 is 0 Å². The maximum Gasteiger partial charge on any atom is -0.00101 e. The summed E-state index contributed by atoms with van der Waals surface area (Å²) in [6, 6.07) is 0. The van der Waals surface area contributed by atoms with Crippen molar-refractivity contribution in [2.45, 2.75) is 13.8 Å². The second-order valence-electron chi connectivity index (χ2n) is 1.40. The summed E-state index contributed by atoms with van der Waals surface area (Å²) in [6.45, 7) is 9.00. The Labute approximate surface area is 47.9 Å². The van der Waals surface area contributed by atoms with Crippen LogP contribution in [0.1, 0.15) is 13.8 Å². The van der Waals surface area contributed by atoms with E-state index in [1.165, 1.54) is 13.1 Å². The maximum atomic E-state index is 2.40. The Bertz CT molecular complexity index is 29.6. The number of hydrogen-bond donors (Lipinski definition) is 0. The molecule has 0 aliphatic carbocycles. The molecule has 2 heteroatoms. The number of hydrogen-bond acceptors (Lipinski definition) is 1. The molecule has 0 aliphatic rings. The van der Waals surface area contributed by atoms with Gasteiger partial charge in [-0.05, 0) is 19.8 Å². The average Bonchev–Trinajstić information content (AvgIpc) is 1.72. The molecule has 0 amide bonds. The predicted molar refractivity (Wildman–Crippen MR) is 37.2 cm³/mol. The van der Waals surface area contributed by atoms with Gasteiger partial charge in [0.25, 0.3) is 0 Å². The van der Waals surface area contributed by atoms with Gasteiger partial charge in [0.15, 0.2) is 0 Å². The highest BCUT2D eigenvalue weighted by Crippen LogP contribution is 2.09. The van der Waals surface area contributed by atoms with Gasteiger partial charge in [-0.1, -0.05) is 22.6 Å². The van der Waals surface area contributed by atoms with Gasteiger partial charge >= 0.3 is 0 Å². The van der Waals surface area contributed by atoms with Gasteiger partial charge in [-0.25, -0.2) is 0 Å². The van der Waals surface area contributed by atoms with Crippen molar-refractivity contribution in [3.63, 3.8) is 0 Å². The highest BCUT2D eigenvalue weighted by molar-refractivity contribution is 7.34. The van der Waals surface area contributed by atoms with E-state index in [0.29, 0.717) is 0 Å². The molecule has 0 aliphatic heterocycles. The largest absolute Gasteiger partial charge is 0.285 e. The first kappa shape index (κ1) is 7.39. The Morgan fingerprint density at radius 3 is 1.71 bits per heavy atom. The van der Waals surface area contributed by atoms with Gasteiger partial charge in [0.05, 0.1) is 0 Å². The molecule has 0 aromatic carbocycles. The lowest BCUT2D eigenvalue weighted by atomic mass is 10.7. The molecule has 0 radical (unpaired) electrons. The summed E-state index contributed by atoms with van der Waals surface area (Å²) in [5.74, 6) is 0. The summed E-state index contributed by atoms with van der Waals surface area (Å²) in [5, 5.41) is 0. The Balaban J connectivity index is 2.99. The zero-order chi connectivity index (χ0) is 5.70. The van der Waals surface area contributed by atoms with Gasteiger partial charge in [0.1, 0.15) is 0 Å². The van der Waals surface area contributed by atoms with Crippen molar-refractivity contribution in [3.8, 4) is 0 Å². The van der Waals surface area contributed by atoms with Gasteiger partial charge in [-0.15, -0.1) is 0 Å². The lowest BCUT2D eigenvalue weighted by Crippen LogP contribution is -2.10. The molecule has 0 aromatic rings. The minimum absolute atomic E-state index is 0.982. The van der Waals surface area contributed by atoms with E-state index in [2.05, 4.69) is 25.2 Å². The number of rotatable bonds is 3. The molecule has 0 aromatic heterocycles. The van der Waals surface area contributed by atoms with Crippen LogP contribution in [0.3, 0.4) is 0 Å². The van der Waals surface area contributed by atoms with Crippen LogP contribution in [0.25, 0.3) is 0 Å². The van der Waals surface area contributed by atoms with Crippen LogP contribution in [0.5, 0.6) is 0 Å². The SMILES string of the molecule is CCN(CC)PC. The summed E-state index contributed by atoms with van der Waals surface area (Å²) < 4.78 is 2.40. The molecule has 7 heavy (non-hydrogen) atoms. The first-order valence-corrected chi connectivity index (χ1v) is 4.22. The van der Waals surface area contributed by atoms with E-state index in [0.717, 1.165) is 8.73 Å². The quantitative estimate of drug-likeness (QED) is 0.509. The minimum atomic E-state index is 0.982. The molecule has 0 saturated carbocycles. The van der Waals surface area contributed by atoms with Gasteiger partial charge < -0.3 is 0 Å². The Hall–Kier alpha value is 0.390. The lowest BCUT2D eigenvalue weighted by Gasteiger charge is -2.13. The molecule has 44 valence electrons. The summed E-state index contributed by atoms with van der Waals surface area (Å²) in [4.78, 5) is 0. The topological polar surface area (TPSA) is 3.24 Å². The molecule has 0 heterocycles. The summed E-state index contributed by atoms with van der Waals surface area (Å²) >= 11 is 0. The molecular weight excluding hydrogens is 105 g/mol. The molecule has 0 N–H and O–H groups in total. The van der Waals surface area contributed by atoms with Crippen molar-refractivity contribution in [1.29, 1.82) is 0 Å². The highest BCUT2D eigenvalue weighted by Gasteiger charge is 1.89. The smallest absolute Gasteiger partial charge is 0.00101 e. The molecule has 0 spiro atoms.